The molecule has 0 unspecified atom stereocenters. The number of amides is 1. The number of hydrogen-bond donors (Lipinski definition) is 3. The molecule has 19 heavy (non-hydrogen) atoms. The number of carbonyl (C=O) groups excluding carboxylic acids is 1. The third-order valence-corrected chi connectivity index (χ3v) is 3.08. The Balaban J connectivity index is 0. The van der Waals surface area contributed by atoms with E-state index >= 15 is 0 Å². The van der Waals surface area contributed by atoms with Gasteiger partial charge in [0.2, 0.25) is 0 Å². The van der Waals surface area contributed by atoms with E-state index < -0.39 is 0 Å². The van der Waals surface area contributed by atoms with Crippen LogP contribution in [0, 0.1) is 5.41 Å². The largest absolute Gasteiger partial charge is 0.450 e. The summed E-state index contributed by atoms with van der Waals surface area (Å²) in [5.74, 6) is 0.599. The number of nitrogens with one attached hydrogen (secondary N) is 2. The van der Waals surface area contributed by atoms with Crippen molar-refractivity contribution in [2.75, 3.05) is 18.9 Å². The molecule has 1 amide bonds. The maximum absolute atomic E-state index is 11.2. The van der Waals surface area contributed by atoms with Crippen LogP contribution in [0.5, 0.6) is 0 Å². The van der Waals surface area contributed by atoms with E-state index in [1.807, 2.05) is 0 Å². The molecule has 5 nitrogen and oxygen atoms in total. The van der Waals surface area contributed by atoms with E-state index in [-0.39, 0.29) is 35.2 Å². The second kappa shape index (κ2) is 15.9. The van der Waals surface area contributed by atoms with Crippen LogP contribution >= 0.6 is 35.7 Å². The summed E-state index contributed by atoms with van der Waals surface area (Å²) in [6.07, 6.45) is 6.69. The summed E-state index contributed by atoms with van der Waals surface area (Å²) < 4.78 is 5.01. The number of thioether (sulfide) groups is 1. The molecule has 114 valence electrons. The van der Waals surface area contributed by atoms with Gasteiger partial charge in [-0.3, -0.25) is 5.41 Å². The highest BCUT2D eigenvalue weighted by molar-refractivity contribution is 14.0. The Morgan fingerprint density at radius 2 is 1.89 bits per heavy atom. The standard InChI is InChI=1S/C12H25N3O2S.HI/c1-2-3-4-5-6-7-9-17-12(16)15-8-10-18-11(13)14;/h2-10H2,1H3,(H3,13,14)(H,15,16);1H. The van der Waals surface area contributed by atoms with Crippen LogP contribution < -0.4 is 11.1 Å². The minimum absolute atomic E-state index is 0. The zero-order valence-corrected chi connectivity index (χ0v) is 14.7. The predicted octanol–water partition coefficient (Wildman–Crippen LogP) is 3.32. The lowest BCUT2D eigenvalue weighted by Crippen LogP contribution is -2.27. The van der Waals surface area contributed by atoms with Crippen LogP contribution in [-0.4, -0.2) is 30.2 Å². The van der Waals surface area contributed by atoms with Gasteiger partial charge < -0.3 is 15.8 Å². The van der Waals surface area contributed by atoms with Gasteiger partial charge in [0.25, 0.3) is 0 Å². The van der Waals surface area contributed by atoms with Crippen LogP contribution in [-0.2, 0) is 4.74 Å². The van der Waals surface area contributed by atoms with Crippen molar-refractivity contribution in [3.05, 3.63) is 0 Å². The maximum Gasteiger partial charge on any atom is 0.407 e. The van der Waals surface area contributed by atoms with Gasteiger partial charge in [-0.2, -0.15) is 0 Å². The van der Waals surface area contributed by atoms with Crippen LogP contribution in [0.1, 0.15) is 45.4 Å². The van der Waals surface area contributed by atoms with Crippen molar-refractivity contribution < 1.29 is 9.53 Å². The predicted molar refractivity (Wildman–Crippen MR) is 92.5 cm³/mol. The lowest BCUT2D eigenvalue weighted by molar-refractivity contribution is 0.144. The third-order valence-electron chi connectivity index (χ3n) is 2.36. The molecule has 7 heteroatoms. The van der Waals surface area contributed by atoms with E-state index in [4.69, 9.17) is 15.9 Å². The molecule has 0 saturated carbocycles. The van der Waals surface area contributed by atoms with Crippen LogP contribution in [0.3, 0.4) is 0 Å². The average molecular weight is 403 g/mol. The maximum atomic E-state index is 11.2. The van der Waals surface area contributed by atoms with Crippen molar-refractivity contribution in [1.82, 2.24) is 5.32 Å². The first-order chi connectivity index (χ1) is 8.66. The normalized spacial score (nSPS) is 9.53. The van der Waals surface area contributed by atoms with Gasteiger partial charge in [-0.15, -0.1) is 24.0 Å². The monoisotopic (exact) mass is 403 g/mol. The van der Waals surface area contributed by atoms with E-state index in [9.17, 15) is 4.79 Å². The highest BCUT2D eigenvalue weighted by Crippen LogP contribution is 2.04. The van der Waals surface area contributed by atoms with Gasteiger partial charge in [-0.05, 0) is 6.42 Å². The molecule has 0 fully saturated rings. The van der Waals surface area contributed by atoms with Crippen LogP contribution in [0.2, 0.25) is 0 Å². The lowest BCUT2D eigenvalue weighted by atomic mass is 10.1. The summed E-state index contributed by atoms with van der Waals surface area (Å²) in [7, 11) is 0. The fraction of sp³-hybridized carbons (Fsp3) is 0.833. The minimum Gasteiger partial charge on any atom is -0.450 e. The first kappa shape index (κ1) is 21.1. The molecule has 0 atom stereocenters. The molecule has 4 N–H and O–H groups in total. The number of unbranched alkanes of at least 4 members (excludes halogenated alkanes) is 5. The lowest BCUT2D eigenvalue weighted by Gasteiger charge is -2.06. The fourth-order valence-electron chi connectivity index (χ4n) is 1.41. The van der Waals surface area contributed by atoms with Gasteiger partial charge in [-0.25, -0.2) is 4.79 Å². The highest BCUT2D eigenvalue weighted by Gasteiger charge is 2.00. The Hall–Kier alpha value is -0.180. The molecule has 0 aromatic carbocycles. The van der Waals surface area contributed by atoms with Crippen LogP contribution in [0.15, 0.2) is 0 Å². The quantitative estimate of drug-likeness (QED) is 0.226. The molecule has 0 aromatic heterocycles. The topological polar surface area (TPSA) is 88.2 Å². The minimum atomic E-state index is -0.382. The molecule has 0 rings (SSSR count). The molecule has 0 spiro atoms. The number of nitrogens with two attached hydrogens (primary N) is 1. The van der Waals surface area contributed by atoms with E-state index in [2.05, 4.69) is 12.2 Å². The van der Waals surface area contributed by atoms with Crippen LogP contribution in [0.4, 0.5) is 4.79 Å². The first-order valence-corrected chi connectivity index (χ1v) is 7.52. The summed E-state index contributed by atoms with van der Waals surface area (Å²) in [6, 6.07) is 0. The van der Waals surface area contributed by atoms with Crippen molar-refractivity contribution in [2.24, 2.45) is 5.73 Å². The first-order valence-electron chi connectivity index (χ1n) is 6.54. The summed E-state index contributed by atoms with van der Waals surface area (Å²) in [5.41, 5.74) is 5.16. The summed E-state index contributed by atoms with van der Waals surface area (Å²) >= 11 is 1.20. The smallest absolute Gasteiger partial charge is 0.407 e. The Labute approximate surface area is 137 Å². The van der Waals surface area contributed by atoms with Gasteiger partial charge in [-0.1, -0.05) is 50.8 Å². The summed E-state index contributed by atoms with van der Waals surface area (Å²) in [6.45, 7) is 3.15. The summed E-state index contributed by atoms with van der Waals surface area (Å²) in [5, 5.41) is 9.66. The zero-order chi connectivity index (χ0) is 13.6. The molecule has 0 heterocycles. The fourth-order valence-corrected chi connectivity index (χ4v) is 1.84. The second-order valence-corrected chi connectivity index (χ2v) is 5.18. The van der Waals surface area contributed by atoms with E-state index in [1.54, 1.807) is 0 Å². The Morgan fingerprint density at radius 3 is 2.53 bits per heavy atom. The second-order valence-electron chi connectivity index (χ2n) is 4.04. The number of rotatable bonds is 10. The molecule has 0 aromatic rings. The molecule has 0 aliphatic rings. The van der Waals surface area contributed by atoms with Crippen molar-refractivity contribution in [2.45, 2.75) is 45.4 Å². The number of halogens is 1. The zero-order valence-electron chi connectivity index (χ0n) is 11.6. The Bertz CT molecular complexity index is 243. The van der Waals surface area contributed by atoms with Crippen molar-refractivity contribution in [3.63, 3.8) is 0 Å². The van der Waals surface area contributed by atoms with E-state index in [1.165, 1.54) is 37.4 Å². The van der Waals surface area contributed by atoms with E-state index in [0.717, 1.165) is 12.8 Å². The number of hydrogen-bond acceptors (Lipinski definition) is 4. The van der Waals surface area contributed by atoms with Crippen molar-refractivity contribution >= 4 is 47.0 Å². The van der Waals surface area contributed by atoms with Crippen molar-refractivity contribution in [1.29, 1.82) is 5.41 Å². The average Bonchev–Trinajstić information content (AvgIpc) is 2.33. The van der Waals surface area contributed by atoms with Gasteiger partial charge in [0.15, 0.2) is 5.17 Å². The molecular weight excluding hydrogens is 377 g/mol. The number of ether oxygens (including phenoxy) is 1. The molecule has 0 saturated heterocycles. The number of amidine groups is 1. The van der Waals surface area contributed by atoms with Crippen molar-refractivity contribution in [3.8, 4) is 0 Å². The van der Waals surface area contributed by atoms with Gasteiger partial charge >= 0.3 is 6.09 Å². The molecule has 0 bridgehead atoms. The van der Waals surface area contributed by atoms with E-state index in [0.29, 0.717) is 18.9 Å². The van der Waals surface area contributed by atoms with Gasteiger partial charge in [0.1, 0.15) is 0 Å². The van der Waals surface area contributed by atoms with Gasteiger partial charge in [0, 0.05) is 12.3 Å². The third kappa shape index (κ3) is 17.8. The number of carbonyl (C=O) groups is 1. The Kier molecular flexibility index (Phi) is 17.7. The SMILES string of the molecule is CCCCCCCCOC(=O)NCCSC(=N)N.I. The van der Waals surface area contributed by atoms with Gasteiger partial charge in [0.05, 0.1) is 6.61 Å². The highest BCUT2D eigenvalue weighted by atomic mass is 127. The number of alkyl carbamates (subject to hydrolysis) is 1. The summed E-state index contributed by atoms with van der Waals surface area (Å²) in [4.78, 5) is 11.2. The molecular formula is C12H26IN3O2S. The van der Waals surface area contributed by atoms with Crippen LogP contribution in [0.25, 0.3) is 0 Å². The molecule has 0 radical (unpaired) electrons. The Morgan fingerprint density at radius 1 is 1.26 bits per heavy atom. The molecule has 0 aliphatic heterocycles. The molecule has 0 aliphatic carbocycles.